The molecule has 1 fully saturated rings. The highest BCUT2D eigenvalue weighted by atomic mass is 35.5. The standard InChI is InChI=1S/C18H21ClN4O5S/c1-2-17-20-16(21-28-17)9-23-13-7-12(19)15(8-14(13)27-10-18(23)24)29(25,26)22-11-5-3-4-6-11/h7-8,11,22H,2-6,9-10H2,1H3. The summed E-state index contributed by atoms with van der Waals surface area (Å²) in [5, 5.41) is 3.88. The predicted molar refractivity (Wildman–Crippen MR) is 104 cm³/mol. The van der Waals surface area contributed by atoms with Gasteiger partial charge in [-0.3, -0.25) is 9.69 Å². The highest BCUT2D eigenvalue weighted by Crippen LogP contribution is 2.39. The molecule has 0 bridgehead atoms. The maximum atomic E-state index is 12.8. The van der Waals surface area contributed by atoms with Crippen molar-refractivity contribution in [1.29, 1.82) is 0 Å². The van der Waals surface area contributed by atoms with E-state index in [1.807, 2.05) is 6.92 Å². The molecule has 2 heterocycles. The van der Waals surface area contributed by atoms with Crippen LogP contribution in [0.1, 0.15) is 44.3 Å². The Morgan fingerprint density at radius 3 is 2.76 bits per heavy atom. The van der Waals surface area contributed by atoms with Gasteiger partial charge in [-0.2, -0.15) is 4.98 Å². The van der Waals surface area contributed by atoms with Crippen LogP contribution in [0.3, 0.4) is 0 Å². The van der Waals surface area contributed by atoms with Crippen molar-refractivity contribution < 1.29 is 22.5 Å². The smallest absolute Gasteiger partial charge is 0.265 e. The third kappa shape index (κ3) is 4.10. The number of halogens is 1. The summed E-state index contributed by atoms with van der Waals surface area (Å²) in [5.74, 6) is 0.772. The second kappa shape index (κ2) is 7.92. The Balaban J connectivity index is 1.64. The first-order valence-corrected chi connectivity index (χ1v) is 11.3. The lowest BCUT2D eigenvalue weighted by Crippen LogP contribution is -2.39. The zero-order valence-electron chi connectivity index (χ0n) is 15.9. The van der Waals surface area contributed by atoms with Gasteiger partial charge in [0, 0.05) is 18.5 Å². The van der Waals surface area contributed by atoms with Gasteiger partial charge in [0.05, 0.1) is 17.3 Å². The lowest BCUT2D eigenvalue weighted by molar-refractivity contribution is -0.121. The molecule has 2 aromatic rings. The first-order chi connectivity index (χ1) is 13.9. The van der Waals surface area contributed by atoms with Crippen molar-refractivity contribution in [3.63, 3.8) is 0 Å². The number of sulfonamides is 1. The average molecular weight is 441 g/mol. The highest BCUT2D eigenvalue weighted by Gasteiger charge is 2.32. The van der Waals surface area contributed by atoms with Gasteiger partial charge in [0.25, 0.3) is 5.91 Å². The third-order valence-electron chi connectivity index (χ3n) is 5.04. The van der Waals surface area contributed by atoms with Gasteiger partial charge in [-0.1, -0.05) is 36.5 Å². The number of benzene rings is 1. The van der Waals surface area contributed by atoms with Crippen molar-refractivity contribution in [3.8, 4) is 5.75 Å². The molecule has 0 saturated heterocycles. The van der Waals surface area contributed by atoms with Gasteiger partial charge in [-0.15, -0.1) is 0 Å². The van der Waals surface area contributed by atoms with Crippen LogP contribution in [-0.2, 0) is 27.8 Å². The summed E-state index contributed by atoms with van der Waals surface area (Å²) in [4.78, 5) is 18.0. The number of ether oxygens (including phenoxy) is 1. The third-order valence-corrected chi connectivity index (χ3v) is 7.02. The molecule has 0 atom stereocenters. The predicted octanol–water partition coefficient (Wildman–Crippen LogP) is 2.43. The summed E-state index contributed by atoms with van der Waals surface area (Å²) in [7, 11) is -3.80. The molecule has 11 heteroatoms. The van der Waals surface area contributed by atoms with E-state index in [1.54, 1.807) is 0 Å². The fourth-order valence-corrected chi connectivity index (χ4v) is 5.39. The average Bonchev–Trinajstić information content (AvgIpc) is 3.35. The summed E-state index contributed by atoms with van der Waals surface area (Å²) >= 11 is 6.31. The van der Waals surface area contributed by atoms with Crippen LogP contribution in [0.25, 0.3) is 0 Å². The lowest BCUT2D eigenvalue weighted by atomic mass is 10.2. The Kier molecular flexibility index (Phi) is 5.50. The number of nitrogens with one attached hydrogen (secondary N) is 1. The van der Waals surface area contributed by atoms with Crippen molar-refractivity contribution in [2.45, 2.75) is 56.5 Å². The number of carbonyl (C=O) groups excluding carboxylic acids is 1. The van der Waals surface area contributed by atoms with E-state index in [-0.39, 0.29) is 40.8 Å². The minimum Gasteiger partial charge on any atom is -0.482 e. The van der Waals surface area contributed by atoms with Gasteiger partial charge < -0.3 is 9.26 Å². The van der Waals surface area contributed by atoms with E-state index in [9.17, 15) is 13.2 Å². The molecule has 1 N–H and O–H groups in total. The van der Waals surface area contributed by atoms with Crippen molar-refractivity contribution in [2.24, 2.45) is 0 Å². The van der Waals surface area contributed by atoms with Gasteiger partial charge in [0.2, 0.25) is 15.9 Å². The number of aromatic nitrogens is 2. The minimum absolute atomic E-state index is 0.0138. The molecule has 29 heavy (non-hydrogen) atoms. The minimum atomic E-state index is -3.80. The van der Waals surface area contributed by atoms with Crippen molar-refractivity contribution in [2.75, 3.05) is 11.5 Å². The molecule has 1 aromatic heterocycles. The van der Waals surface area contributed by atoms with Crippen LogP contribution in [0.2, 0.25) is 5.02 Å². The fraction of sp³-hybridized carbons (Fsp3) is 0.500. The van der Waals surface area contributed by atoms with Gasteiger partial charge >= 0.3 is 0 Å². The first kappa shape index (κ1) is 20.1. The molecule has 4 rings (SSSR count). The number of nitrogens with zero attached hydrogens (tertiary/aromatic N) is 3. The summed E-state index contributed by atoms with van der Waals surface area (Å²) < 4.78 is 38.9. The molecule has 2 aliphatic rings. The van der Waals surface area contributed by atoms with Gasteiger partial charge in [-0.25, -0.2) is 13.1 Å². The molecular weight excluding hydrogens is 420 g/mol. The van der Waals surface area contributed by atoms with Crippen molar-refractivity contribution in [1.82, 2.24) is 14.9 Å². The molecule has 9 nitrogen and oxygen atoms in total. The molecular formula is C18H21ClN4O5S. The molecule has 0 spiro atoms. The van der Waals surface area contributed by atoms with Gasteiger partial charge in [0.15, 0.2) is 12.4 Å². The zero-order chi connectivity index (χ0) is 20.6. The number of rotatable bonds is 6. The van der Waals surface area contributed by atoms with Crippen LogP contribution >= 0.6 is 11.6 Å². The maximum absolute atomic E-state index is 12.8. The molecule has 1 aliphatic heterocycles. The summed E-state index contributed by atoms with van der Waals surface area (Å²) in [6, 6.07) is 2.71. The Bertz CT molecular complexity index is 1030. The number of aryl methyl sites for hydroxylation is 1. The second-order valence-electron chi connectivity index (χ2n) is 7.08. The second-order valence-corrected chi connectivity index (χ2v) is 9.17. The van der Waals surface area contributed by atoms with Crippen molar-refractivity contribution >= 4 is 33.2 Å². The molecule has 1 amide bonds. The first-order valence-electron chi connectivity index (χ1n) is 9.48. The largest absolute Gasteiger partial charge is 0.482 e. The van der Waals surface area contributed by atoms with Gasteiger partial charge in [-0.05, 0) is 18.9 Å². The Hall–Kier alpha value is -2.17. The van der Waals surface area contributed by atoms with Crippen LogP contribution in [-0.4, -0.2) is 37.1 Å². The van der Waals surface area contributed by atoms with Crippen LogP contribution < -0.4 is 14.4 Å². The molecule has 1 aromatic carbocycles. The maximum Gasteiger partial charge on any atom is 0.265 e. The van der Waals surface area contributed by atoms with E-state index in [4.69, 9.17) is 20.9 Å². The van der Waals surface area contributed by atoms with E-state index < -0.39 is 10.0 Å². The normalized spacial score (nSPS) is 17.4. The summed E-state index contributed by atoms with van der Waals surface area (Å²) in [5.41, 5.74) is 0.369. The molecule has 0 unspecified atom stereocenters. The van der Waals surface area contributed by atoms with Crippen LogP contribution in [0.4, 0.5) is 5.69 Å². The lowest BCUT2D eigenvalue weighted by Gasteiger charge is -2.29. The Morgan fingerprint density at radius 2 is 2.07 bits per heavy atom. The monoisotopic (exact) mass is 440 g/mol. The molecule has 156 valence electrons. The van der Waals surface area contributed by atoms with E-state index in [0.29, 0.717) is 23.8 Å². The van der Waals surface area contributed by atoms with Gasteiger partial charge in [0.1, 0.15) is 10.6 Å². The number of amides is 1. The Labute approximate surface area is 173 Å². The topological polar surface area (TPSA) is 115 Å². The fourth-order valence-electron chi connectivity index (χ4n) is 3.55. The number of hydrogen-bond acceptors (Lipinski definition) is 7. The number of carbonyl (C=O) groups is 1. The van der Waals surface area contributed by atoms with Crippen LogP contribution in [0.15, 0.2) is 21.6 Å². The van der Waals surface area contributed by atoms with Crippen molar-refractivity contribution in [3.05, 3.63) is 28.9 Å². The Morgan fingerprint density at radius 1 is 1.31 bits per heavy atom. The van der Waals surface area contributed by atoms with E-state index in [0.717, 1.165) is 25.7 Å². The molecule has 0 radical (unpaired) electrons. The number of fused-ring (bicyclic) bond motifs is 1. The highest BCUT2D eigenvalue weighted by molar-refractivity contribution is 7.89. The SMILES string of the molecule is CCc1nc(CN2C(=O)COc3cc(S(=O)(=O)NC4CCCC4)c(Cl)cc32)no1. The van der Waals surface area contributed by atoms with Crippen LogP contribution in [0, 0.1) is 0 Å². The van der Waals surface area contributed by atoms with Crippen LogP contribution in [0.5, 0.6) is 5.75 Å². The number of hydrogen-bond donors (Lipinski definition) is 1. The number of anilines is 1. The summed E-state index contributed by atoms with van der Waals surface area (Å²) in [6.07, 6.45) is 4.21. The zero-order valence-corrected chi connectivity index (χ0v) is 17.4. The quantitative estimate of drug-likeness (QED) is 0.733. The molecule has 1 aliphatic carbocycles. The summed E-state index contributed by atoms with van der Waals surface area (Å²) in [6.45, 7) is 1.73. The van der Waals surface area contributed by atoms with E-state index in [2.05, 4.69) is 14.9 Å². The molecule has 1 saturated carbocycles. The van der Waals surface area contributed by atoms with E-state index in [1.165, 1.54) is 17.0 Å². The van der Waals surface area contributed by atoms with E-state index >= 15 is 0 Å².